The Morgan fingerprint density at radius 3 is 3.00 bits per heavy atom. The molecule has 1 saturated heterocycles. The second-order valence-electron chi connectivity index (χ2n) is 5.75. The van der Waals surface area contributed by atoms with Crippen LogP contribution in [-0.2, 0) is 11.2 Å². The number of benzene rings is 1. The van der Waals surface area contributed by atoms with Crippen molar-refractivity contribution in [3.05, 3.63) is 35.4 Å². The number of aliphatic imine (C=N–C) groups is 1. The van der Waals surface area contributed by atoms with Crippen molar-refractivity contribution in [2.75, 3.05) is 39.9 Å². The van der Waals surface area contributed by atoms with Gasteiger partial charge in [-0.25, -0.2) is 8.78 Å². The zero-order valence-electron chi connectivity index (χ0n) is 13.8. The molecule has 0 spiro atoms. The topological polar surface area (TPSA) is 36.9 Å². The van der Waals surface area contributed by atoms with E-state index in [0.717, 1.165) is 44.7 Å². The minimum Gasteiger partial charge on any atom is -0.384 e. The quantitative estimate of drug-likeness (QED) is 0.645. The van der Waals surface area contributed by atoms with Gasteiger partial charge in [-0.05, 0) is 31.4 Å². The molecule has 1 aliphatic heterocycles. The number of rotatable bonds is 6. The molecule has 2 rings (SSSR count). The van der Waals surface area contributed by atoms with Crippen molar-refractivity contribution in [1.82, 2.24) is 10.2 Å². The zero-order valence-corrected chi connectivity index (χ0v) is 13.8. The molecule has 1 aromatic rings. The molecular weight excluding hydrogens is 300 g/mol. The molecule has 1 N–H and O–H groups in total. The van der Waals surface area contributed by atoms with Crippen LogP contribution in [0.2, 0.25) is 0 Å². The summed E-state index contributed by atoms with van der Waals surface area (Å²) in [6, 6.07) is 4.26. The summed E-state index contributed by atoms with van der Waals surface area (Å²) in [4.78, 5) is 6.76. The molecule has 1 aromatic carbocycles. The highest BCUT2D eigenvalue weighted by atomic mass is 19.2. The molecule has 1 atom stereocenters. The first-order valence-electron chi connectivity index (χ1n) is 8.10. The third kappa shape index (κ3) is 4.89. The van der Waals surface area contributed by atoms with Gasteiger partial charge in [0, 0.05) is 39.2 Å². The average Bonchev–Trinajstić information content (AvgIpc) is 2.99. The maximum absolute atomic E-state index is 13.6. The van der Waals surface area contributed by atoms with Gasteiger partial charge in [0.05, 0.1) is 6.61 Å². The Bertz CT molecular complexity index is 537. The lowest BCUT2D eigenvalue weighted by atomic mass is 10.1. The van der Waals surface area contributed by atoms with E-state index in [1.807, 2.05) is 6.92 Å². The molecule has 1 fully saturated rings. The normalized spacial score (nSPS) is 18.5. The fraction of sp³-hybridized carbons (Fsp3) is 0.588. The second kappa shape index (κ2) is 8.82. The van der Waals surface area contributed by atoms with Crippen LogP contribution in [-0.4, -0.2) is 50.8 Å². The van der Waals surface area contributed by atoms with Gasteiger partial charge in [0.25, 0.3) is 0 Å². The lowest BCUT2D eigenvalue weighted by molar-refractivity contribution is 0.157. The van der Waals surface area contributed by atoms with E-state index in [1.54, 1.807) is 13.2 Å². The molecule has 0 aliphatic carbocycles. The van der Waals surface area contributed by atoms with Crippen molar-refractivity contribution < 1.29 is 13.5 Å². The predicted octanol–water partition coefficient (Wildman–Crippen LogP) is 2.44. The highest BCUT2D eigenvalue weighted by molar-refractivity contribution is 5.80. The summed E-state index contributed by atoms with van der Waals surface area (Å²) in [6.45, 7) is 5.82. The Labute approximate surface area is 136 Å². The molecule has 6 heteroatoms. The van der Waals surface area contributed by atoms with Gasteiger partial charge in [0.15, 0.2) is 17.6 Å². The molecule has 1 aliphatic rings. The summed E-state index contributed by atoms with van der Waals surface area (Å²) < 4.78 is 32.1. The van der Waals surface area contributed by atoms with Crippen molar-refractivity contribution in [2.45, 2.75) is 19.8 Å². The van der Waals surface area contributed by atoms with Crippen molar-refractivity contribution >= 4 is 5.96 Å². The van der Waals surface area contributed by atoms with E-state index in [-0.39, 0.29) is 0 Å². The summed E-state index contributed by atoms with van der Waals surface area (Å²) in [5, 5.41) is 3.27. The third-order valence-electron chi connectivity index (χ3n) is 4.00. The van der Waals surface area contributed by atoms with E-state index in [1.165, 1.54) is 6.07 Å². The largest absolute Gasteiger partial charge is 0.384 e. The molecule has 23 heavy (non-hydrogen) atoms. The van der Waals surface area contributed by atoms with Crippen LogP contribution in [0.15, 0.2) is 23.2 Å². The molecule has 0 radical (unpaired) electrons. The van der Waals surface area contributed by atoms with Crippen molar-refractivity contribution in [1.29, 1.82) is 0 Å². The number of ether oxygens (including phenoxy) is 1. The zero-order chi connectivity index (χ0) is 16.7. The first-order valence-corrected chi connectivity index (χ1v) is 8.10. The number of methoxy groups -OCH3 is 1. The molecule has 128 valence electrons. The van der Waals surface area contributed by atoms with E-state index < -0.39 is 11.6 Å². The van der Waals surface area contributed by atoms with Gasteiger partial charge in [-0.3, -0.25) is 4.99 Å². The van der Waals surface area contributed by atoms with Crippen molar-refractivity contribution in [2.24, 2.45) is 10.9 Å². The van der Waals surface area contributed by atoms with Gasteiger partial charge in [-0.2, -0.15) is 0 Å². The molecular formula is C17H25F2N3O. The van der Waals surface area contributed by atoms with Crippen LogP contribution in [0.25, 0.3) is 0 Å². The molecule has 0 bridgehead atoms. The second-order valence-corrected chi connectivity index (χ2v) is 5.75. The maximum Gasteiger partial charge on any atom is 0.193 e. The minimum atomic E-state index is -0.805. The van der Waals surface area contributed by atoms with E-state index >= 15 is 0 Å². The molecule has 4 nitrogen and oxygen atoms in total. The van der Waals surface area contributed by atoms with Crippen molar-refractivity contribution in [3.8, 4) is 0 Å². The highest BCUT2D eigenvalue weighted by Gasteiger charge is 2.24. The Balaban J connectivity index is 1.95. The number of guanidine groups is 1. The van der Waals surface area contributed by atoms with Crippen LogP contribution in [0.4, 0.5) is 8.78 Å². The van der Waals surface area contributed by atoms with Crippen LogP contribution in [0.5, 0.6) is 0 Å². The van der Waals surface area contributed by atoms with Crippen LogP contribution in [0.1, 0.15) is 18.9 Å². The van der Waals surface area contributed by atoms with Gasteiger partial charge >= 0.3 is 0 Å². The number of nitrogens with zero attached hydrogens (tertiary/aromatic N) is 2. The van der Waals surface area contributed by atoms with Gasteiger partial charge < -0.3 is 15.0 Å². The number of halogens is 2. The Morgan fingerprint density at radius 2 is 2.26 bits per heavy atom. The SMILES string of the molecule is CCNC(=NCCc1cccc(F)c1F)N1CCC(COC)C1. The summed E-state index contributed by atoms with van der Waals surface area (Å²) >= 11 is 0. The minimum absolute atomic E-state index is 0.364. The van der Waals surface area contributed by atoms with E-state index in [0.29, 0.717) is 24.4 Å². The fourth-order valence-corrected chi connectivity index (χ4v) is 2.85. The van der Waals surface area contributed by atoms with E-state index in [2.05, 4.69) is 15.2 Å². The maximum atomic E-state index is 13.6. The molecule has 1 unspecified atom stereocenters. The van der Waals surface area contributed by atoms with E-state index in [9.17, 15) is 8.78 Å². The summed E-state index contributed by atoms with van der Waals surface area (Å²) in [5.74, 6) is -0.221. The third-order valence-corrected chi connectivity index (χ3v) is 4.00. The van der Waals surface area contributed by atoms with Gasteiger partial charge in [-0.1, -0.05) is 12.1 Å². The Hall–Kier alpha value is -1.69. The average molecular weight is 325 g/mol. The van der Waals surface area contributed by atoms with Crippen LogP contribution in [0, 0.1) is 17.6 Å². The van der Waals surface area contributed by atoms with Gasteiger partial charge in [0.1, 0.15) is 0 Å². The van der Waals surface area contributed by atoms with Crippen LogP contribution < -0.4 is 5.32 Å². The predicted molar refractivity (Wildman–Crippen MR) is 87.6 cm³/mol. The number of nitrogens with one attached hydrogen (secondary N) is 1. The first-order chi connectivity index (χ1) is 11.2. The Morgan fingerprint density at radius 1 is 1.43 bits per heavy atom. The lowest BCUT2D eigenvalue weighted by Crippen LogP contribution is -2.40. The number of likely N-dealkylation sites (tertiary alicyclic amines) is 1. The molecule has 0 aromatic heterocycles. The summed E-state index contributed by atoms with van der Waals surface area (Å²) in [7, 11) is 1.72. The summed E-state index contributed by atoms with van der Waals surface area (Å²) in [6.07, 6.45) is 1.46. The Kier molecular flexibility index (Phi) is 6.77. The highest BCUT2D eigenvalue weighted by Crippen LogP contribution is 2.17. The summed E-state index contributed by atoms with van der Waals surface area (Å²) in [5.41, 5.74) is 0.364. The molecule has 1 heterocycles. The first kappa shape index (κ1) is 17.7. The fourth-order valence-electron chi connectivity index (χ4n) is 2.85. The van der Waals surface area contributed by atoms with Crippen molar-refractivity contribution in [3.63, 3.8) is 0 Å². The lowest BCUT2D eigenvalue weighted by Gasteiger charge is -2.21. The van der Waals surface area contributed by atoms with Gasteiger partial charge in [0.2, 0.25) is 0 Å². The number of hydrogen-bond donors (Lipinski definition) is 1. The van der Waals surface area contributed by atoms with Gasteiger partial charge in [-0.15, -0.1) is 0 Å². The molecule has 0 amide bonds. The van der Waals surface area contributed by atoms with E-state index in [4.69, 9.17) is 4.74 Å². The molecule has 0 saturated carbocycles. The monoisotopic (exact) mass is 325 g/mol. The standard InChI is InChI=1S/C17H25F2N3O/c1-3-20-17(22-10-8-13(11-22)12-23-2)21-9-7-14-5-4-6-15(18)16(14)19/h4-6,13H,3,7-12H2,1-2H3,(H,20,21). The van der Waals surface area contributed by atoms with Crippen LogP contribution >= 0.6 is 0 Å². The van der Waals surface area contributed by atoms with Crippen LogP contribution in [0.3, 0.4) is 0 Å². The number of hydrogen-bond acceptors (Lipinski definition) is 2. The smallest absolute Gasteiger partial charge is 0.193 e.